The highest BCUT2D eigenvalue weighted by Crippen LogP contribution is 2.20. The zero-order valence-electron chi connectivity index (χ0n) is 12.5. The molecule has 0 saturated carbocycles. The fourth-order valence-electron chi connectivity index (χ4n) is 2.78. The molecule has 2 heterocycles. The van der Waals surface area contributed by atoms with E-state index in [0.29, 0.717) is 29.8 Å². The summed E-state index contributed by atoms with van der Waals surface area (Å²) in [5.41, 5.74) is 0.894. The zero-order valence-corrected chi connectivity index (χ0v) is 13.3. The van der Waals surface area contributed by atoms with Crippen molar-refractivity contribution in [2.75, 3.05) is 25.1 Å². The normalized spacial score (nSPS) is 20.5. The van der Waals surface area contributed by atoms with Crippen molar-refractivity contribution in [2.24, 2.45) is 5.92 Å². The molecule has 0 radical (unpaired) electrons. The monoisotopic (exact) mass is 321 g/mol. The highest BCUT2D eigenvalue weighted by atomic mass is 32.2. The Morgan fingerprint density at radius 2 is 2.09 bits per heavy atom. The van der Waals surface area contributed by atoms with Crippen molar-refractivity contribution < 1.29 is 12.9 Å². The van der Waals surface area contributed by atoms with Crippen molar-refractivity contribution in [2.45, 2.75) is 13.0 Å². The van der Waals surface area contributed by atoms with Gasteiger partial charge in [0, 0.05) is 12.1 Å². The number of benzene rings is 1. The van der Waals surface area contributed by atoms with Crippen LogP contribution >= 0.6 is 0 Å². The summed E-state index contributed by atoms with van der Waals surface area (Å²) in [5, 5.41) is 3.99. The molecule has 7 heteroatoms. The molecule has 0 bridgehead atoms. The number of rotatable bonds is 5. The molecule has 1 fully saturated rings. The minimum absolute atomic E-state index is 0.204. The molecule has 0 amide bonds. The topological polar surface area (TPSA) is 76.3 Å². The molecule has 6 nitrogen and oxygen atoms in total. The Kier molecular flexibility index (Phi) is 4.26. The molecule has 1 aromatic heterocycles. The maximum Gasteiger partial charge on any atom is 0.257 e. The highest BCUT2D eigenvalue weighted by Gasteiger charge is 2.28. The Balaban J connectivity index is 1.58. The Labute approximate surface area is 130 Å². The summed E-state index contributed by atoms with van der Waals surface area (Å²) in [5.74, 6) is 1.93. The summed E-state index contributed by atoms with van der Waals surface area (Å²) in [7, 11) is -0.874. The Bertz CT molecular complexity index is 728. The van der Waals surface area contributed by atoms with Crippen molar-refractivity contribution in [3.63, 3.8) is 0 Å². The third-order valence-electron chi connectivity index (χ3n) is 3.80. The summed E-state index contributed by atoms with van der Waals surface area (Å²) in [6.45, 7) is 1.28. The average molecular weight is 321 g/mol. The smallest absolute Gasteiger partial charge is 0.257 e. The van der Waals surface area contributed by atoms with Gasteiger partial charge in [-0.05, 0) is 31.5 Å². The van der Waals surface area contributed by atoms with Crippen LogP contribution in [0.25, 0.3) is 11.5 Å². The van der Waals surface area contributed by atoms with Crippen LogP contribution in [0.1, 0.15) is 12.2 Å². The quantitative estimate of drug-likeness (QED) is 0.832. The molecule has 1 saturated heterocycles. The maximum atomic E-state index is 11.5. The Morgan fingerprint density at radius 3 is 2.77 bits per heavy atom. The molecule has 0 N–H and O–H groups in total. The van der Waals surface area contributed by atoms with E-state index >= 15 is 0 Å². The van der Waals surface area contributed by atoms with Crippen LogP contribution in [-0.2, 0) is 16.4 Å². The second-order valence-corrected chi connectivity index (χ2v) is 8.08. The van der Waals surface area contributed by atoms with E-state index in [4.69, 9.17) is 4.52 Å². The number of sulfone groups is 1. The first-order chi connectivity index (χ1) is 10.5. The van der Waals surface area contributed by atoms with Crippen molar-refractivity contribution in [3.05, 3.63) is 36.2 Å². The largest absolute Gasteiger partial charge is 0.334 e. The number of hydrogen-bond acceptors (Lipinski definition) is 6. The lowest BCUT2D eigenvalue weighted by Crippen LogP contribution is -2.26. The summed E-state index contributed by atoms with van der Waals surface area (Å²) in [4.78, 5) is 6.43. The third-order valence-corrected chi connectivity index (χ3v) is 5.63. The van der Waals surface area contributed by atoms with E-state index in [0.717, 1.165) is 18.5 Å². The van der Waals surface area contributed by atoms with Gasteiger partial charge in [-0.25, -0.2) is 8.42 Å². The first-order valence-electron chi connectivity index (χ1n) is 7.29. The Morgan fingerprint density at radius 1 is 1.32 bits per heavy atom. The van der Waals surface area contributed by atoms with Crippen molar-refractivity contribution >= 4 is 9.84 Å². The lowest BCUT2D eigenvalue weighted by Gasteiger charge is -2.17. The number of aromatic nitrogens is 2. The van der Waals surface area contributed by atoms with Gasteiger partial charge in [-0.15, -0.1) is 0 Å². The van der Waals surface area contributed by atoms with Crippen molar-refractivity contribution in [3.8, 4) is 11.5 Å². The van der Waals surface area contributed by atoms with E-state index in [-0.39, 0.29) is 5.92 Å². The van der Waals surface area contributed by atoms with E-state index < -0.39 is 9.84 Å². The molecular formula is C15H19N3O3S. The summed E-state index contributed by atoms with van der Waals surface area (Å²) in [6.07, 6.45) is 0.744. The van der Waals surface area contributed by atoms with E-state index in [1.807, 2.05) is 42.3 Å². The van der Waals surface area contributed by atoms with Gasteiger partial charge < -0.3 is 4.52 Å². The molecule has 118 valence electrons. The minimum Gasteiger partial charge on any atom is -0.334 e. The zero-order chi connectivity index (χ0) is 15.6. The molecule has 1 aliphatic heterocycles. The van der Waals surface area contributed by atoms with Crippen LogP contribution in [0, 0.1) is 5.92 Å². The summed E-state index contributed by atoms with van der Waals surface area (Å²) < 4.78 is 28.2. The molecule has 0 spiro atoms. The van der Waals surface area contributed by atoms with Crippen LogP contribution in [0.4, 0.5) is 0 Å². The van der Waals surface area contributed by atoms with Crippen molar-refractivity contribution in [1.29, 1.82) is 0 Å². The molecule has 1 aliphatic rings. The average Bonchev–Trinajstić information content (AvgIpc) is 3.06. The molecule has 0 aliphatic carbocycles. The minimum atomic E-state index is -2.82. The SMILES string of the molecule is CN(Cc1noc(-c2ccccc2)n1)CC1CCS(=O)(=O)C1. The maximum absolute atomic E-state index is 11.5. The Hall–Kier alpha value is -1.73. The van der Waals surface area contributed by atoms with Gasteiger partial charge in [0.25, 0.3) is 5.89 Å². The van der Waals surface area contributed by atoms with E-state index in [1.54, 1.807) is 0 Å². The lowest BCUT2D eigenvalue weighted by atomic mass is 10.1. The van der Waals surface area contributed by atoms with Gasteiger partial charge in [0.05, 0.1) is 18.1 Å². The molecule has 3 rings (SSSR count). The fraction of sp³-hybridized carbons (Fsp3) is 0.467. The van der Waals surface area contributed by atoms with Gasteiger partial charge >= 0.3 is 0 Å². The van der Waals surface area contributed by atoms with E-state index in [1.165, 1.54) is 0 Å². The molecule has 22 heavy (non-hydrogen) atoms. The predicted octanol–water partition coefficient (Wildman–Crippen LogP) is 1.60. The first kappa shape index (κ1) is 15.2. The molecule has 1 unspecified atom stereocenters. The van der Waals surface area contributed by atoms with Crippen LogP contribution in [0.15, 0.2) is 34.9 Å². The fourth-order valence-corrected chi connectivity index (χ4v) is 4.63. The molecule has 1 atom stereocenters. The van der Waals surface area contributed by atoms with Gasteiger partial charge in [0.15, 0.2) is 15.7 Å². The molecule has 1 aromatic carbocycles. The van der Waals surface area contributed by atoms with E-state index in [2.05, 4.69) is 10.1 Å². The summed E-state index contributed by atoms with van der Waals surface area (Å²) in [6, 6.07) is 9.62. The van der Waals surface area contributed by atoms with Gasteiger partial charge in [-0.1, -0.05) is 23.4 Å². The number of nitrogens with zero attached hydrogens (tertiary/aromatic N) is 3. The van der Waals surface area contributed by atoms with Crippen LogP contribution in [0.2, 0.25) is 0 Å². The standard InChI is InChI=1S/C15H19N3O3S/c1-18(9-12-7-8-22(19,20)11-12)10-14-16-15(21-17-14)13-5-3-2-4-6-13/h2-6,12H,7-11H2,1H3. The van der Waals surface area contributed by atoms with Gasteiger partial charge in [-0.2, -0.15) is 4.98 Å². The lowest BCUT2D eigenvalue weighted by molar-refractivity contribution is 0.270. The van der Waals surface area contributed by atoms with Crippen molar-refractivity contribution in [1.82, 2.24) is 15.0 Å². The first-order valence-corrected chi connectivity index (χ1v) is 9.11. The predicted molar refractivity (Wildman–Crippen MR) is 82.8 cm³/mol. The van der Waals surface area contributed by atoms with Crippen LogP contribution in [0.3, 0.4) is 0 Å². The highest BCUT2D eigenvalue weighted by molar-refractivity contribution is 7.91. The van der Waals surface area contributed by atoms with Gasteiger partial charge in [0.1, 0.15) is 0 Å². The van der Waals surface area contributed by atoms with E-state index in [9.17, 15) is 8.42 Å². The third kappa shape index (κ3) is 3.72. The summed E-state index contributed by atoms with van der Waals surface area (Å²) >= 11 is 0. The molecule has 2 aromatic rings. The number of hydrogen-bond donors (Lipinski definition) is 0. The molecular weight excluding hydrogens is 302 g/mol. The van der Waals surface area contributed by atoms with Crippen LogP contribution in [-0.4, -0.2) is 48.6 Å². The van der Waals surface area contributed by atoms with Crippen LogP contribution < -0.4 is 0 Å². The van der Waals surface area contributed by atoms with Crippen LogP contribution in [0.5, 0.6) is 0 Å². The second-order valence-electron chi connectivity index (χ2n) is 5.85. The van der Waals surface area contributed by atoms with Gasteiger partial charge in [0.2, 0.25) is 0 Å². The van der Waals surface area contributed by atoms with Gasteiger partial charge in [-0.3, -0.25) is 4.90 Å². The second kappa shape index (κ2) is 6.18.